The lowest BCUT2D eigenvalue weighted by Gasteiger charge is -2.13. The van der Waals surface area contributed by atoms with Gasteiger partial charge in [0.05, 0.1) is 11.0 Å². The Kier molecular flexibility index (Phi) is 4.52. The molecule has 4 rings (SSSR count). The van der Waals surface area contributed by atoms with Gasteiger partial charge in [0, 0.05) is 11.6 Å². The van der Waals surface area contributed by atoms with E-state index in [-0.39, 0.29) is 12.6 Å². The maximum Gasteiger partial charge on any atom is 0.316 e. The minimum atomic E-state index is -0.664. The van der Waals surface area contributed by atoms with Crippen LogP contribution in [0.1, 0.15) is 25.8 Å². The van der Waals surface area contributed by atoms with Crippen molar-refractivity contribution in [3.63, 3.8) is 0 Å². The van der Waals surface area contributed by atoms with Crippen molar-refractivity contribution in [3.05, 3.63) is 75.1 Å². The molecule has 8 heteroatoms. The molecule has 4 aromatic rings. The van der Waals surface area contributed by atoms with E-state index >= 15 is 0 Å². The molecule has 1 N–H and O–H groups in total. The standard InChI is InChI=1S/C20H18N4O4/c1-12(2)24-16-9-8-13(10-15(16)21-19(25)20(24)26)18-22-17(28-23-18)11-27-14-6-4-3-5-7-14/h3-10,12H,11H2,1-2H3,(H,21,25). The fourth-order valence-electron chi connectivity index (χ4n) is 2.99. The lowest BCUT2D eigenvalue weighted by atomic mass is 10.1. The first-order valence-corrected chi connectivity index (χ1v) is 8.82. The van der Waals surface area contributed by atoms with E-state index in [1.807, 2.05) is 44.2 Å². The molecule has 0 unspecified atom stereocenters. The fraction of sp³-hybridized carbons (Fsp3) is 0.200. The van der Waals surface area contributed by atoms with Crippen LogP contribution in [0, 0.1) is 0 Å². The van der Waals surface area contributed by atoms with Gasteiger partial charge >= 0.3 is 11.1 Å². The molecule has 28 heavy (non-hydrogen) atoms. The van der Waals surface area contributed by atoms with Gasteiger partial charge in [0.1, 0.15) is 5.75 Å². The number of fused-ring (bicyclic) bond motifs is 1. The Morgan fingerprint density at radius 2 is 1.93 bits per heavy atom. The second-order valence-electron chi connectivity index (χ2n) is 6.57. The summed E-state index contributed by atoms with van der Waals surface area (Å²) in [6.07, 6.45) is 0. The second kappa shape index (κ2) is 7.15. The molecule has 0 saturated carbocycles. The summed E-state index contributed by atoms with van der Waals surface area (Å²) < 4.78 is 12.3. The van der Waals surface area contributed by atoms with E-state index in [2.05, 4.69) is 15.1 Å². The Bertz CT molecular complexity index is 1240. The van der Waals surface area contributed by atoms with Crippen LogP contribution in [0.2, 0.25) is 0 Å². The monoisotopic (exact) mass is 378 g/mol. The van der Waals surface area contributed by atoms with Gasteiger partial charge in [-0.2, -0.15) is 4.98 Å². The first-order valence-electron chi connectivity index (χ1n) is 8.82. The van der Waals surface area contributed by atoms with E-state index in [0.717, 1.165) is 0 Å². The van der Waals surface area contributed by atoms with Gasteiger partial charge in [-0.05, 0) is 44.2 Å². The zero-order chi connectivity index (χ0) is 19.7. The van der Waals surface area contributed by atoms with Crippen LogP contribution >= 0.6 is 0 Å². The zero-order valence-electron chi connectivity index (χ0n) is 15.4. The lowest BCUT2D eigenvalue weighted by Crippen LogP contribution is -2.37. The lowest BCUT2D eigenvalue weighted by molar-refractivity contribution is 0.243. The number of para-hydroxylation sites is 1. The van der Waals surface area contributed by atoms with E-state index in [0.29, 0.717) is 34.1 Å². The number of nitrogens with zero attached hydrogens (tertiary/aromatic N) is 3. The van der Waals surface area contributed by atoms with Crippen LogP contribution < -0.4 is 15.9 Å². The van der Waals surface area contributed by atoms with Crippen molar-refractivity contribution in [1.29, 1.82) is 0 Å². The van der Waals surface area contributed by atoms with Crippen LogP contribution in [-0.4, -0.2) is 19.7 Å². The summed E-state index contributed by atoms with van der Waals surface area (Å²) in [4.78, 5) is 31.1. The molecule has 0 atom stereocenters. The summed E-state index contributed by atoms with van der Waals surface area (Å²) in [6, 6.07) is 14.5. The van der Waals surface area contributed by atoms with E-state index < -0.39 is 11.1 Å². The average molecular weight is 378 g/mol. The highest BCUT2D eigenvalue weighted by atomic mass is 16.5. The molecule has 2 heterocycles. The molecule has 0 fully saturated rings. The number of H-pyrrole nitrogens is 1. The Morgan fingerprint density at radius 1 is 1.14 bits per heavy atom. The van der Waals surface area contributed by atoms with Gasteiger partial charge in [-0.1, -0.05) is 23.4 Å². The van der Waals surface area contributed by atoms with Crippen molar-refractivity contribution in [1.82, 2.24) is 19.7 Å². The molecule has 2 aromatic heterocycles. The maximum atomic E-state index is 12.1. The summed E-state index contributed by atoms with van der Waals surface area (Å²) in [6.45, 7) is 3.85. The number of benzene rings is 2. The molecular formula is C20H18N4O4. The predicted octanol–water partition coefficient (Wildman–Crippen LogP) is 2.90. The van der Waals surface area contributed by atoms with Gasteiger partial charge in [0.2, 0.25) is 5.82 Å². The summed E-state index contributed by atoms with van der Waals surface area (Å²) in [5.41, 5.74) is 0.590. The van der Waals surface area contributed by atoms with Crippen LogP contribution in [0.15, 0.2) is 62.6 Å². The number of hydrogen-bond donors (Lipinski definition) is 1. The van der Waals surface area contributed by atoms with Gasteiger partial charge in [0.15, 0.2) is 6.61 Å². The van der Waals surface area contributed by atoms with Crippen LogP contribution in [0.5, 0.6) is 5.75 Å². The van der Waals surface area contributed by atoms with Crippen LogP contribution in [0.4, 0.5) is 0 Å². The van der Waals surface area contributed by atoms with Crippen LogP contribution in [0.3, 0.4) is 0 Å². The molecule has 8 nitrogen and oxygen atoms in total. The minimum Gasteiger partial charge on any atom is -0.484 e. The molecule has 0 aliphatic heterocycles. The summed E-state index contributed by atoms with van der Waals surface area (Å²) in [7, 11) is 0. The third kappa shape index (κ3) is 3.32. The number of aromatic amines is 1. The number of nitrogens with one attached hydrogen (secondary N) is 1. The van der Waals surface area contributed by atoms with E-state index in [4.69, 9.17) is 9.26 Å². The number of ether oxygens (including phenoxy) is 1. The highest BCUT2D eigenvalue weighted by Crippen LogP contribution is 2.22. The SMILES string of the molecule is CC(C)n1c(=O)c(=O)[nH]c2cc(-c3noc(COc4ccccc4)n3)ccc21. The van der Waals surface area contributed by atoms with Crippen molar-refractivity contribution < 1.29 is 9.26 Å². The summed E-state index contributed by atoms with van der Waals surface area (Å²) in [5, 5.41) is 3.98. The first kappa shape index (κ1) is 17.7. The average Bonchev–Trinajstić information content (AvgIpc) is 3.16. The Balaban J connectivity index is 1.65. The molecule has 0 aliphatic carbocycles. The third-order valence-corrected chi connectivity index (χ3v) is 4.27. The van der Waals surface area contributed by atoms with E-state index in [1.165, 1.54) is 4.57 Å². The zero-order valence-corrected chi connectivity index (χ0v) is 15.4. The minimum absolute atomic E-state index is 0.143. The second-order valence-corrected chi connectivity index (χ2v) is 6.57. The topological polar surface area (TPSA) is 103 Å². The molecule has 0 saturated heterocycles. The van der Waals surface area contributed by atoms with Gasteiger partial charge in [-0.15, -0.1) is 0 Å². The van der Waals surface area contributed by atoms with Crippen molar-refractivity contribution in [2.75, 3.05) is 0 Å². The Hall–Kier alpha value is -3.68. The van der Waals surface area contributed by atoms with Gasteiger partial charge < -0.3 is 14.2 Å². The van der Waals surface area contributed by atoms with Gasteiger partial charge in [-0.25, -0.2) is 0 Å². The molecule has 0 amide bonds. The van der Waals surface area contributed by atoms with Gasteiger partial charge in [0.25, 0.3) is 5.89 Å². The first-order chi connectivity index (χ1) is 13.5. The molecule has 0 bridgehead atoms. The normalized spacial score (nSPS) is 11.2. The number of rotatable bonds is 5. The van der Waals surface area contributed by atoms with E-state index in [9.17, 15) is 9.59 Å². The molecule has 0 radical (unpaired) electrons. The summed E-state index contributed by atoms with van der Waals surface area (Å²) in [5.74, 6) is 1.41. The fourth-order valence-corrected chi connectivity index (χ4v) is 2.99. The number of hydrogen-bond acceptors (Lipinski definition) is 6. The summed E-state index contributed by atoms with van der Waals surface area (Å²) >= 11 is 0. The number of aromatic nitrogens is 4. The Morgan fingerprint density at radius 3 is 2.68 bits per heavy atom. The van der Waals surface area contributed by atoms with Crippen molar-refractivity contribution in [2.24, 2.45) is 0 Å². The predicted molar refractivity (Wildman–Crippen MR) is 103 cm³/mol. The van der Waals surface area contributed by atoms with E-state index in [1.54, 1.807) is 18.2 Å². The molecule has 2 aromatic carbocycles. The highest BCUT2D eigenvalue weighted by Gasteiger charge is 2.14. The van der Waals surface area contributed by atoms with Crippen molar-refractivity contribution in [2.45, 2.75) is 26.5 Å². The van der Waals surface area contributed by atoms with Crippen LogP contribution in [0.25, 0.3) is 22.4 Å². The Labute approximate surface area is 159 Å². The largest absolute Gasteiger partial charge is 0.484 e. The molecule has 0 aliphatic rings. The van der Waals surface area contributed by atoms with Crippen molar-refractivity contribution >= 4 is 11.0 Å². The van der Waals surface area contributed by atoms with Crippen LogP contribution in [-0.2, 0) is 6.61 Å². The highest BCUT2D eigenvalue weighted by molar-refractivity contribution is 5.80. The molecule has 142 valence electrons. The van der Waals surface area contributed by atoms with Gasteiger partial charge in [-0.3, -0.25) is 14.2 Å². The van der Waals surface area contributed by atoms with Crippen molar-refractivity contribution in [3.8, 4) is 17.1 Å². The smallest absolute Gasteiger partial charge is 0.316 e. The third-order valence-electron chi connectivity index (χ3n) is 4.27. The molecule has 0 spiro atoms. The molecular weight excluding hydrogens is 360 g/mol. The maximum absolute atomic E-state index is 12.1. The quantitative estimate of drug-likeness (QED) is 0.536.